The van der Waals surface area contributed by atoms with E-state index in [1.54, 1.807) is 43.5 Å². The van der Waals surface area contributed by atoms with Crippen LogP contribution in [0, 0.1) is 0 Å². The highest BCUT2D eigenvalue weighted by atomic mass is 35.5. The molecule has 1 amide bonds. The van der Waals surface area contributed by atoms with Gasteiger partial charge in [0, 0.05) is 10.7 Å². The number of rotatable bonds is 5. The summed E-state index contributed by atoms with van der Waals surface area (Å²) < 4.78 is 5.35. The number of aromatic amines is 1. The average molecular weight is 434 g/mol. The number of benzene rings is 2. The second-order valence-electron chi connectivity index (χ2n) is 5.76. The Bertz CT molecular complexity index is 1180. The van der Waals surface area contributed by atoms with Crippen LogP contribution < -0.4 is 10.1 Å². The van der Waals surface area contributed by atoms with Gasteiger partial charge in [-0.3, -0.25) is 4.79 Å². The van der Waals surface area contributed by atoms with E-state index in [0.29, 0.717) is 48.7 Å². The highest BCUT2D eigenvalue weighted by Crippen LogP contribution is 2.35. The number of nitrogens with one attached hydrogen (secondary N) is 2. The molecular weight excluding hydrogens is 421 g/mol. The number of nitrogens with zero attached hydrogens (tertiary/aromatic N) is 3. The number of carbonyl (C=O) groups excluding carboxylic acids is 1. The minimum absolute atomic E-state index is 0.139. The van der Waals surface area contributed by atoms with E-state index in [9.17, 15) is 4.79 Å². The molecule has 0 saturated carbocycles. The number of fused-ring (bicyclic) bond motifs is 3. The summed E-state index contributed by atoms with van der Waals surface area (Å²) in [7, 11) is 1.58. The third-order valence-electron chi connectivity index (χ3n) is 3.94. The van der Waals surface area contributed by atoms with Gasteiger partial charge in [-0.15, -0.1) is 10.2 Å². The summed E-state index contributed by atoms with van der Waals surface area (Å²) in [6.07, 6.45) is 0. The predicted octanol–water partition coefficient (Wildman–Crippen LogP) is 4.55. The number of methoxy groups -OCH3 is 1. The quantitative estimate of drug-likeness (QED) is 0.448. The van der Waals surface area contributed by atoms with Crippen LogP contribution in [0.2, 0.25) is 10.0 Å². The van der Waals surface area contributed by atoms with Gasteiger partial charge in [0.1, 0.15) is 11.3 Å². The normalized spacial score (nSPS) is 11.1. The molecular formula is C18H13Cl2N5O2S. The summed E-state index contributed by atoms with van der Waals surface area (Å²) in [6, 6.07) is 10.4. The molecule has 0 aliphatic heterocycles. The Kier molecular flexibility index (Phi) is 5.25. The molecule has 0 aliphatic rings. The van der Waals surface area contributed by atoms with Gasteiger partial charge >= 0.3 is 0 Å². The standard InChI is InChI=1S/C18H13Cl2N5O2S/c1-27-12-7-6-11(20)14-15(12)22-17-16(14)24-25-18(23-17)28-8-13(26)21-10-4-2-9(19)3-5-10/h2-7H,8H2,1H3,(H,21,26)(H,22,23,25). The molecule has 0 spiro atoms. The number of thioether (sulfide) groups is 1. The van der Waals surface area contributed by atoms with Crippen LogP contribution in [0.1, 0.15) is 0 Å². The number of amides is 1. The molecule has 0 bridgehead atoms. The zero-order valence-electron chi connectivity index (χ0n) is 14.5. The number of anilines is 1. The number of hydrogen-bond donors (Lipinski definition) is 2. The van der Waals surface area contributed by atoms with Crippen molar-refractivity contribution in [2.75, 3.05) is 18.2 Å². The summed E-state index contributed by atoms with van der Waals surface area (Å²) in [5.74, 6) is 0.591. The van der Waals surface area contributed by atoms with E-state index in [4.69, 9.17) is 27.9 Å². The number of halogens is 2. The van der Waals surface area contributed by atoms with Gasteiger partial charge in [-0.1, -0.05) is 35.0 Å². The predicted molar refractivity (Wildman–Crippen MR) is 112 cm³/mol. The van der Waals surface area contributed by atoms with Gasteiger partial charge < -0.3 is 15.0 Å². The molecule has 2 aromatic carbocycles. The lowest BCUT2D eigenvalue weighted by atomic mass is 10.2. The maximum atomic E-state index is 12.1. The Labute approximate surface area is 173 Å². The highest BCUT2D eigenvalue weighted by Gasteiger charge is 2.16. The highest BCUT2D eigenvalue weighted by molar-refractivity contribution is 7.99. The molecule has 2 aromatic heterocycles. The average Bonchev–Trinajstić information content (AvgIpc) is 3.08. The van der Waals surface area contributed by atoms with Crippen LogP contribution in [0.15, 0.2) is 41.6 Å². The fraction of sp³-hybridized carbons (Fsp3) is 0.111. The lowest BCUT2D eigenvalue weighted by Crippen LogP contribution is -2.14. The van der Waals surface area contributed by atoms with E-state index in [1.807, 2.05) is 0 Å². The Morgan fingerprint density at radius 1 is 1.18 bits per heavy atom. The van der Waals surface area contributed by atoms with Gasteiger partial charge in [0.2, 0.25) is 11.1 Å². The summed E-state index contributed by atoms with van der Waals surface area (Å²) in [4.78, 5) is 19.7. The van der Waals surface area contributed by atoms with Crippen molar-refractivity contribution in [3.05, 3.63) is 46.4 Å². The second kappa shape index (κ2) is 7.83. The molecule has 0 fully saturated rings. The molecule has 0 atom stereocenters. The topological polar surface area (TPSA) is 92.8 Å². The smallest absolute Gasteiger partial charge is 0.234 e. The SMILES string of the molecule is COc1ccc(Cl)c2c1[nH]c1nc(SCC(=O)Nc3ccc(Cl)cc3)nnc12. The van der Waals surface area contributed by atoms with E-state index >= 15 is 0 Å². The first kappa shape index (κ1) is 18.8. The molecule has 0 radical (unpaired) electrons. The number of ether oxygens (including phenoxy) is 1. The molecule has 142 valence electrons. The first-order valence-electron chi connectivity index (χ1n) is 8.12. The van der Waals surface area contributed by atoms with Gasteiger partial charge in [-0.2, -0.15) is 0 Å². The van der Waals surface area contributed by atoms with Gasteiger partial charge in [0.25, 0.3) is 0 Å². The van der Waals surface area contributed by atoms with E-state index in [0.717, 1.165) is 0 Å². The van der Waals surface area contributed by atoms with Crippen molar-refractivity contribution in [2.45, 2.75) is 5.16 Å². The molecule has 7 nitrogen and oxygen atoms in total. The van der Waals surface area contributed by atoms with Crippen LogP contribution in [0.3, 0.4) is 0 Å². The Hall–Kier alpha value is -2.55. The monoisotopic (exact) mass is 433 g/mol. The summed E-state index contributed by atoms with van der Waals surface area (Å²) in [5, 5.41) is 13.3. The number of aromatic nitrogens is 4. The Morgan fingerprint density at radius 3 is 2.71 bits per heavy atom. The summed E-state index contributed by atoms with van der Waals surface area (Å²) >= 11 is 13.3. The Balaban J connectivity index is 1.53. The van der Waals surface area contributed by atoms with Crippen molar-refractivity contribution < 1.29 is 9.53 Å². The van der Waals surface area contributed by atoms with Gasteiger partial charge in [0.15, 0.2) is 5.65 Å². The van der Waals surface area contributed by atoms with Crippen molar-refractivity contribution in [1.29, 1.82) is 0 Å². The fourth-order valence-corrected chi connectivity index (χ4v) is 3.65. The van der Waals surface area contributed by atoms with Crippen molar-refractivity contribution in [3.8, 4) is 5.75 Å². The molecule has 28 heavy (non-hydrogen) atoms. The lowest BCUT2D eigenvalue weighted by Gasteiger charge is -2.04. The maximum Gasteiger partial charge on any atom is 0.234 e. The van der Waals surface area contributed by atoms with Crippen molar-refractivity contribution in [1.82, 2.24) is 20.2 Å². The molecule has 0 aliphatic carbocycles. The zero-order valence-corrected chi connectivity index (χ0v) is 16.8. The minimum atomic E-state index is -0.183. The molecule has 10 heteroatoms. The molecule has 4 rings (SSSR count). The number of H-pyrrole nitrogens is 1. The molecule has 2 N–H and O–H groups in total. The van der Waals surface area contributed by atoms with Crippen molar-refractivity contribution in [3.63, 3.8) is 0 Å². The summed E-state index contributed by atoms with van der Waals surface area (Å²) in [6.45, 7) is 0. The van der Waals surface area contributed by atoms with Crippen LogP contribution >= 0.6 is 35.0 Å². The van der Waals surface area contributed by atoms with Gasteiger partial charge in [-0.05, 0) is 36.4 Å². The van der Waals surface area contributed by atoms with E-state index in [-0.39, 0.29) is 11.7 Å². The van der Waals surface area contributed by atoms with Gasteiger partial charge in [0.05, 0.1) is 28.8 Å². The largest absolute Gasteiger partial charge is 0.495 e. The van der Waals surface area contributed by atoms with E-state index in [1.165, 1.54) is 11.8 Å². The van der Waals surface area contributed by atoms with Gasteiger partial charge in [-0.25, -0.2) is 4.98 Å². The second-order valence-corrected chi connectivity index (χ2v) is 7.55. The van der Waals surface area contributed by atoms with E-state index in [2.05, 4.69) is 25.5 Å². The third kappa shape index (κ3) is 3.71. The first-order valence-corrected chi connectivity index (χ1v) is 9.86. The molecule has 2 heterocycles. The van der Waals surface area contributed by atoms with Crippen LogP contribution in [-0.4, -0.2) is 38.9 Å². The maximum absolute atomic E-state index is 12.1. The molecule has 4 aromatic rings. The number of carbonyl (C=O) groups is 1. The van der Waals surface area contributed by atoms with Crippen LogP contribution in [0.25, 0.3) is 22.1 Å². The van der Waals surface area contributed by atoms with Crippen LogP contribution in [0.4, 0.5) is 5.69 Å². The summed E-state index contributed by atoms with van der Waals surface area (Å²) in [5.41, 5.74) is 2.45. The van der Waals surface area contributed by atoms with Crippen molar-refractivity contribution >= 4 is 68.6 Å². The fourth-order valence-electron chi connectivity index (χ4n) is 2.69. The number of hydrogen-bond acceptors (Lipinski definition) is 6. The first-order chi connectivity index (χ1) is 13.5. The van der Waals surface area contributed by atoms with Crippen molar-refractivity contribution in [2.24, 2.45) is 0 Å². The molecule has 0 unspecified atom stereocenters. The third-order valence-corrected chi connectivity index (χ3v) is 5.35. The lowest BCUT2D eigenvalue weighted by molar-refractivity contribution is -0.113. The Morgan fingerprint density at radius 2 is 1.96 bits per heavy atom. The van der Waals surface area contributed by atoms with Crippen LogP contribution in [-0.2, 0) is 4.79 Å². The van der Waals surface area contributed by atoms with E-state index < -0.39 is 0 Å². The zero-order chi connectivity index (χ0) is 19.7. The minimum Gasteiger partial charge on any atom is -0.495 e. The molecule has 0 saturated heterocycles. The van der Waals surface area contributed by atoms with Crippen LogP contribution in [0.5, 0.6) is 5.75 Å².